The molecule has 2 aliphatic heterocycles. The maximum atomic E-state index is 12.0. The first-order chi connectivity index (χ1) is 12.6. The summed E-state index contributed by atoms with van der Waals surface area (Å²) in [4.78, 5) is 12.0. The molecule has 1 saturated heterocycles. The Balaban J connectivity index is 1.63. The molecule has 0 saturated carbocycles. The zero-order valence-corrected chi connectivity index (χ0v) is 15.4. The molecule has 4 rings (SSSR count). The molecule has 0 bridgehead atoms. The first-order valence-electron chi connectivity index (χ1n) is 8.42. The first kappa shape index (κ1) is 17.2. The van der Waals surface area contributed by atoms with Crippen molar-refractivity contribution in [2.24, 2.45) is 0 Å². The summed E-state index contributed by atoms with van der Waals surface area (Å²) in [5.41, 5.74) is 2.63. The summed E-state index contributed by atoms with van der Waals surface area (Å²) in [6, 6.07) is 13.3. The maximum Gasteiger partial charge on any atom is 0.337 e. The minimum atomic E-state index is -0.275. The van der Waals surface area contributed by atoms with E-state index in [-0.39, 0.29) is 11.9 Å². The molecule has 0 radical (unpaired) electrons. The molecule has 2 aliphatic rings. The molecular formula is C21H16Cl2O3. The summed E-state index contributed by atoms with van der Waals surface area (Å²) in [6.07, 6.45) is 5.30. The Morgan fingerprint density at radius 2 is 2.00 bits per heavy atom. The summed E-state index contributed by atoms with van der Waals surface area (Å²) < 4.78 is 11.1. The fourth-order valence-corrected chi connectivity index (χ4v) is 3.80. The average Bonchev–Trinajstić information content (AvgIpc) is 3.20. The molecule has 3 nitrogen and oxygen atoms in total. The number of carbonyl (C=O) groups excluding carboxylic acids is 1. The third kappa shape index (κ3) is 3.25. The van der Waals surface area contributed by atoms with Gasteiger partial charge >= 0.3 is 5.97 Å². The quantitative estimate of drug-likeness (QED) is 0.495. The molecule has 5 heteroatoms. The number of hydrogen-bond acceptors (Lipinski definition) is 3. The minimum Gasteiger partial charge on any atom is -0.462 e. The molecule has 1 atom stereocenters. The van der Waals surface area contributed by atoms with Crippen molar-refractivity contribution in [1.82, 2.24) is 0 Å². The number of ether oxygens (including phenoxy) is 2. The molecule has 2 aromatic carbocycles. The van der Waals surface area contributed by atoms with Crippen molar-refractivity contribution in [1.29, 1.82) is 0 Å². The van der Waals surface area contributed by atoms with Crippen LogP contribution in [0, 0.1) is 0 Å². The van der Waals surface area contributed by atoms with E-state index < -0.39 is 0 Å². The summed E-state index contributed by atoms with van der Waals surface area (Å²) in [7, 11) is 0. The molecule has 0 aliphatic carbocycles. The van der Waals surface area contributed by atoms with Crippen molar-refractivity contribution in [3.8, 4) is 5.75 Å². The van der Waals surface area contributed by atoms with Gasteiger partial charge < -0.3 is 9.47 Å². The number of carbonyl (C=O) groups is 1. The highest BCUT2D eigenvalue weighted by molar-refractivity contribution is 6.35. The molecule has 26 heavy (non-hydrogen) atoms. The predicted molar refractivity (Wildman–Crippen MR) is 103 cm³/mol. The number of benzene rings is 2. The van der Waals surface area contributed by atoms with Gasteiger partial charge in [-0.25, -0.2) is 4.79 Å². The van der Waals surface area contributed by atoms with Crippen LogP contribution in [-0.2, 0) is 9.53 Å². The van der Waals surface area contributed by atoms with Crippen LogP contribution in [-0.4, -0.2) is 12.6 Å². The van der Waals surface area contributed by atoms with Gasteiger partial charge in [0, 0.05) is 27.9 Å². The Kier molecular flexibility index (Phi) is 4.75. The normalized spacial score (nSPS) is 21.8. The van der Waals surface area contributed by atoms with E-state index in [1.54, 1.807) is 6.07 Å². The summed E-state index contributed by atoms with van der Waals surface area (Å²) in [5, 5.41) is 1.21. The maximum absolute atomic E-state index is 12.0. The highest BCUT2D eigenvalue weighted by atomic mass is 35.5. The molecule has 2 heterocycles. The van der Waals surface area contributed by atoms with Gasteiger partial charge in [0.25, 0.3) is 0 Å². The van der Waals surface area contributed by atoms with Crippen LogP contribution in [0.4, 0.5) is 0 Å². The molecule has 0 amide bonds. The second kappa shape index (κ2) is 7.18. The van der Waals surface area contributed by atoms with Gasteiger partial charge in [-0.1, -0.05) is 59.6 Å². The largest absolute Gasteiger partial charge is 0.462 e. The van der Waals surface area contributed by atoms with Crippen LogP contribution < -0.4 is 4.74 Å². The van der Waals surface area contributed by atoms with Crippen LogP contribution in [0.25, 0.3) is 6.08 Å². The second-order valence-corrected chi connectivity index (χ2v) is 7.07. The van der Waals surface area contributed by atoms with Crippen LogP contribution in [0.1, 0.15) is 29.9 Å². The smallest absolute Gasteiger partial charge is 0.337 e. The number of rotatable bonds is 3. The number of cyclic esters (lactones) is 1. The molecular weight excluding hydrogens is 371 g/mol. The van der Waals surface area contributed by atoms with Gasteiger partial charge in [0.05, 0.1) is 12.2 Å². The number of esters is 1. The SMILES string of the molecule is O=C1OCC/C1=C1\Oc2ccccc2[C@@H]1C/C=C/c1ccc(Cl)cc1Cl. The molecule has 0 spiro atoms. The van der Waals surface area contributed by atoms with Crippen LogP contribution in [0.15, 0.2) is 59.9 Å². The second-order valence-electron chi connectivity index (χ2n) is 6.23. The number of para-hydroxylation sites is 1. The summed E-state index contributed by atoms with van der Waals surface area (Å²) >= 11 is 12.2. The van der Waals surface area contributed by atoms with Crippen LogP contribution in [0.5, 0.6) is 5.75 Å². The molecule has 1 fully saturated rings. The third-order valence-corrected chi connectivity index (χ3v) is 5.15. The lowest BCUT2D eigenvalue weighted by Crippen LogP contribution is -2.06. The lowest BCUT2D eigenvalue weighted by atomic mass is 9.92. The Morgan fingerprint density at radius 1 is 1.15 bits per heavy atom. The van der Waals surface area contributed by atoms with E-state index in [0.717, 1.165) is 16.9 Å². The van der Waals surface area contributed by atoms with Crippen molar-refractivity contribution in [3.63, 3.8) is 0 Å². The van der Waals surface area contributed by atoms with Crippen molar-refractivity contribution in [2.75, 3.05) is 6.61 Å². The first-order valence-corrected chi connectivity index (χ1v) is 9.17. The van der Waals surface area contributed by atoms with Gasteiger partial charge in [0.15, 0.2) is 0 Å². The van der Waals surface area contributed by atoms with E-state index in [4.69, 9.17) is 32.7 Å². The van der Waals surface area contributed by atoms with E-state index in [2.05, 4.69) is 0 Å². The van der Waals surface area contributed by atoms with Gasteiger partial charge in [0.1, 0.15) is 11.5 Å². The molecule has 0 unspecified atom stereocenters. The Bertz CT molecular complexity index is 931. The molecule has 132 valence electrons. The van der Waals surface area contributed by atoms with Crippen LogP contribution in [0.2, 0.25) is 10.0 Å². The number of hydrogen-bond donors (Lipinski definition) is 0. The van der Waals surface area contributed by atoms with Crippen LogP contribution in [0.3, 0.4) is 0 Å². The highest BCUT2D eigenvalue weighted by Gasteiger charge is 2.35. The van der Waals surface area contributed by atoms with Crippen molar-refractivity contribution >= 4 is 35.2 Å². The zero-order chi connectivity index (χ0) is 18.1. The third-order valence-electron chi connectivity index (χ3n) is 4.59. The number of allylic oxidation sites excluding steroid dienone is 2. The highest BCUT2D eigenvalue weighted by Crippen LogP contribution is 2.45. The minimum absolute atomic E-state index is 0.00539. The van der Waals surface area contributed by atoms with E-state index in [1.807, 2.05) is 48.6 Å². The number of fused-ring (bicyclic) bond motifs is 1. The Hall–Kier alpha value is -2.23. The van der Waals surface area contributed by atoms with Crippen molar-refractivity contribution in [2.45, 2.75) is 18.8 Å². The monoisotopic (exact) mass is 386 g/mol. The van der Waals surface area contributed by atoms with Gasteiger partial charge in [-0.15, -0.1) is 0 Å². The van der Waals surface area contributed by atoms with E-state index in [0.29, 0.717) is 40.8 Å². The van der Waals surface area contributed by atoms with Gasteiger partial charge in [0.2, 0.25) is 0 Å². The lowest BCUT2D eigenvalue weighted by molar-refractivity contribution is -0.135. The van der Waals surface area contributed by atoms with E-state index >= 15 is 0 Å². The van der Waals surface area contributed by atoms with Gasteiger partial charge in [-0.2, -0.15) is 0 Å². The van der Waals surface area contributed by atoms with E-state index in [1.165, 1.54) is 0 Å². The Morgan fingerprint density at radius 3 is 2.77 bits per heavy atom. The molecule has 2 aromatic rings. The average molecular weight is 387 g/mol. The summed E-state index contributed by atoms with van der Waals surface area (Å²) in [6.45, 7) is 0.417. The number of halogens is 2. The topological polar surface area (TPSA) is 35.5 Å². The fraction of sp³-hybridized carbons (Fsp3) is 0.190. The lowest BCUT2D eigenvalue weighted by Gasteiger charge is -2.10. The summed E-state index contributed by atoms with van der Waals surface area (Å²) in [5.74, 6) is 1.23. The zero-order valence-electron chi connectivity index (χ0n) is 13.9. The standard InChI is InChI=1S/C21H16Cl2O3/c22-14-9-8-13(18(23)12-14)4-3-6-16-15-5-1-2-7-19(15)26-20(16)17-10-11-25-21(17)24/h1-5,7-9,12,16H,6,10-11H2/b4-3+,20-17+/t16-/m0/s1. The fourth-order valence-electron chi connectivity index (χ4n) is 3.32. The van der Waals surface area contributed by atoms with Crippen LogP contribution >= 0.6 is 23.2 Å². The van der Waals surface area contributed by atoms with E-state index in [9.17, 15) is 4.79 Å². The van der Waals surface area contributed by atoms with Gasteiger partial charge in [-0.05, 0) is 30.2 Å². The van der Waals surface area contributed by atoms with Gasteiger partial charge in [-0.3, -0.25) is 0 Å². The molecule has 0 aromatic heterocycles. The molecule has 0 N–H and O–H groups in total. The van der Waals surface area contributed by atoms with Crippen molar-refractivity contribution < 1.29 is 14.3 Å². The Labute approximate surface area is 161 Å². The predicted octanol–water partition coefficient (Wildman–Crippen LogP) is 5.77. The van der Waals surface area contributed by atoms with Crippen molar-refractivity contribution in [3.05, 3.63) is 81.0 Å².